The van der Waals surface area contributed by atoms with Crippen LogP contribution in [0.1, 0.15) is 35.4 Å². The number of anilines is 1. The molecular formula is C20H21FN2O3S. The third-order valence-corrected chi connectivity index (χ3v) is 6.33. The first-order valence-corrected chi connectivity index (χ1v) is 9.96. The Bertz CT molecular complexity index is 842. The molecular weight excluding hydrogens is 367 g/mol. The van der Waals surface area contributed by atoms with Gasteiger partial charge in [-0.3, -0.25) is 9.59 Å². The SMILES string of the molecule is O=CCOc1c(C=O)sc(-c2cccc(NC3CC4CCC(C3)N4)c2)c1F. The highest BCUT2D eigenvalue weighted by molar-refractivity contribution is 7.17. The molecule has 4 rings (SSSR count). The third kappa shape index (κ3) is 3.75. The minimum absolute atomic E-state index is 0.148. The molecule has 2 bridgehead atoms. The Morgan fingerprint density at radius 2 is 2.04 bits per heavy atom. The number of nitrogens with one attached hydrogen (secondary N) is 2. The smallest absolute Gasteiger partial charge is 0.184 e. The fraction of sp³-hybridized carbons (Fsp3) is 0.400. The zero-order valence-corrected chi connectivity index (χ0v) is 15.6. The molecule has 0 spiro atoms. The number of carbonyl (C=O) groups excluding carboxylic acids is 2. The van der Waals surface area contributed by atoms with E-state index in [1.165, 1.54) is 12.8 Å². The first-order chi connectivity index (χ1) is 13.2. The lowest BCUT2D eigenvalue weighted by atomic mass is 9.99. The number of ether oxygens (including phenoxy) is 1. The molecule has 0 aliphatic carbocycles. The topological polar surface area (TPSA) is 67.4 Å². The van der Waals surface area contributed by atoms with Crippen LogP contribution in [0.5, 0.6) is 5.75 Å². The number of aldehydes is 2. The van der Waals surface area contributed by atoms with Gasteiger partial charge < -0.3 is 15.4 Å². The Labute approximate surface area is 160 Å². The standard InChI is InChI=1S/C20H21FN2O3S/c21-18-19(26-7-6-24)17(11-25)27-20(18)12-2-1-3-13(8-12)23-16-9-14-4-5-15(10-16)22-14/h1-3,6,8,11,14-16,22-23H,4-5,7,9-10H2. The van der Waals surface area contributed by atoms with E-state index >= 15 is 0 Å². The van der Waals surface area contributed by atoms with E-state index in [1.54, 1.807) is 0 Å². The Kier molecular flexibility index (Phi) is 5.22. The summed E-state index contributed by atoms with van der Waals surface area (Å²) in [4.78, 5) is 22.2. The highest BCUT2D eigenvalue weighted by Crippen LogP contribution is 2.40. The third-order valence-electron chi connectivity index (χ3n) is 5.21. The van der Waals surface area contributed by atoms with Crippen molar-refractivity contribution in [1.29, 1.82) is 0 Å². The molecule has 0 amide bonds. The van der Waals surface area contributed by atoms with E-state index < -0.39 is 5.82 Å². The minimum atomic E-state index is -0.596. The lowest BCUT2D eigenvalue weighted by Gasteiger charge is -2.30. The maximum Gasteiger partial charge on any atom is 0.184 e. The summed E-state index contributed by atoms with van der Waals surface area (Å²) in [5.41, 5.74) is 1.62. The van der Waals surface area contributed by atoms with Crippen molar-refractivity contribution in [2.45, 2.75) is 43.8 Å². The van der Waals surface area contributed by atoms with E-state index in [1.807, 2.05) is 24.3 Å². The largest absolute Gasteiger partial charge is 0.481 e. The summed E-state index contributed by atoms with van der Waals surface area (Å²) in [5.74, 6) is -0.744. The molecule has 2 unspecified atom stereocenters. The van der Waals surface area contributed by atoms with Crippen molar-refractivity contribution in [3.05, 3.63) is 35.0 Å². The van der Waals surface area contributed by atoms with Gasteiger partial charge >= 0.3 is 0 Å². The van der Waals surface area contributed by atoms with E-state index in [0.29, 0.717) is 41.1 Å². The van der Waals surface area contributed by atoms with Gasteiger partial charge in [0.2, 0.25) is 0 Å². The summed E-state index contributed by atoms with van der Waals surface area (Å²) in [6.07, 6.45) is 5.75. The van der Waals surface area contributed by atoms with E-state index in [2.05, 4.69) is 10.6 Å². The highest BCUT2D eigenvalue weighted by atomic mass is 32.1. The monoisotopic (exact) mass is 388 g/mol. The van der Waals surface area contributed by atoms with Crippen LogP contribution in [0.15, 0.2) is 24.3 Å². The van der Waals surface area contributed by atoms with Crippen LogP contribution in [0.3, 0.4) is 0 Å². The first kappa shape index (κ1) is 18.1. The number of rotatable bonds is 7. The molecule has 142 valence electrons. The van der Waals surface area contributed by atoms with Crippen molar-refractivity contribution in [3.63, 3.8) is 0 Å². The van der Waals surface area contributed by atoms with Crippen LogP contribution in [-0.4, -0.2) is 37.3 Å². The molecule has 2 atom stereocenters. The van der Waals surface area contributed by atoms with E-state index in [4.69, 9.17) is 4.74 Å². The maximum atomic E-state index is 14.8. The van der Waals surface area contributed by atoms with Crippen molar-refractivity contribution in [2.75, 3.05) is 11.9 Å². The second-order valence-corrected chi connectivity index (χ2v) is 8.12. The van der Waals surface area contributed by atoms with Gasteiger partial charge in [0, 0.05) is 23.8 Å². The predicted octanol–water partition coefficient (Wildman–Crippen LogP) is 3.64. The Hall–Kier alpha value is -2.25. The fourth-order valence-electron chi connectivity index (χ4n) is 4.09. The van der Waals surface area contributed by atoms with Crippen LogP contribution >= 0.6 is 11.3 Å². The van der Waals surface area contributed by atoms with Gasteiger partial charge in [-0.25, -0.2) is 4.39 Å². The molecule has 2 aliphatic heterocycles. The average molecular weight is 388 g/mol. The summed E-state index contributed by atoms with van der Waals surface area (Å²) in [7, 11) is 0. The number of halogens is 1. The van der Waals surface area contributed by atoms with Crippen LogP contribution < -0.4 is 15.4 Å². The Balaban J connectivity index is 1.56. The number of piperidine rings is 1. The molecule has 2 fully saturated rings. The van der Waals surface area contributed by atoms with Crippen molar-refractivity contribution in [3.8, 4) is 16.2 Å². The summed E-state index contributed by atoms with van der Waals surface area (Å²) in [6, 6.07) is 9.15. The second-order valence-electron chi connectivity index (χ2n) is 7.07. The molecule has 7 heteroatoms. The molecule has 1 aromatic carbocycles. The van der Waals surface area contributed by atoms with Crippen LogP contribution in [0.2, 0.25) is 0 Å². The van der Waals surface area contributed by atoms with Crippen LogP contribution in [-0.2, 0) is 4.79 Å². The van der Waals surface area contributed by atoms with Crippen LogP contribution in [0.4, 0.5) is 10.1 Å². The zero-order chi connectivity index (χ0) is 18.8. The van der Waals surface area contributed by atoms with Gasteiger partial charge in [0.05, 0.1) is 4.88 Å². The van der Waals surface area contributed by atoms with Gasteiger partial charge in [0.1, 0.15) is 11.5 Å². The fourth-order valence-corrected chi connectivity index (χ4v) is 5.02. The number of hydrogen-bond acceptors (Lipinski definition) is 6. The minimum Gasteiger partial charge on any atom is -0.481 e. The van der Waals surface area contributed by atoms with Gasteiger partial charge in [0.25, 0.3) is 0 Å². The normalized spacial score (nSPS) is 23.8. The van der Waals surface area contributed by atoms with Gasteiger partial charge in [-0.1, -0.05) is 12.1 Å². The van der Waals surface area contributed by atoms with E-state index in [9.17, 15) is 14.0 Å². The molecule has 2 N–H and O–H groups in total. The number of benzene rings is 1. The number of hydrogen-bond donors (Lipinski definition) is 2. The molecule has 27 heavy (non-hydrogen) atoms. The number of carbonyl (C=O) groups is 2. The average Bonchev–Trinajstić information content (AvgIpc) is 3.18. The lowest BCUT2D eigenvalue weighted by Crippen LogP contribution is -2.43. The van der Waals surface area contributed by atoms with Crippen molar-refractivity contribution < 1.29 is 18.7 Å². The maximum absolute atomic E-state index is 14.8. The lowest BCUT2D eigenvalue weighted by molar-refractivity contribution is -0.109. The molecule has 0 saturated carbocycles. The van der Waals surface area contributed by atoms with Crippen molar-refractivity contribution in [2.24, 2.45) is 0 Å². The zero-order valence-electron chi connectivity index (χ0n) is 14.7. The molecule has 0 radical (unpaired) electrons. The summed E-state index contributed by atoms with van der Waals surface area (Å²) < 4.78 is 19.9. The van der Waals surface area contributed by atoms with E-state index in [-0.39, 0.29) is 17.2 Å². The number of fused-ring (bicyclic) bond motifs is 2. The Morgan fingerprint density at radius 1 is 1.26 bits per heavy atom. The van der Waals surface area contributed by atoms with Gasteiger partial charge in [-0.05, 0) is 43.4 Å². The second kappa shape index (κ2) is 7.78. The number of thiophene rings is 1. The molecule has 5 nitrogen and oxygen atoms in total. The van der Waals surface area contributed by atoms with Crippen molar-refractivity contribution >= 4 is 29.6 Å². The highest BCUT2D eigenvalue weighted by Gasteiger charge is 2.33. The predicted molar refractivity (Wildman–Crippen MR) is 103 cm³/mol. The quantitative estimate of drug-likeness (QED) is 0.709. The molecule has 2 saturated heterocycles. The van der Waals surface area contributed by atoms with Crippen LogP contribution in [0.25, 0.3) is 10.4 Å². The summed E-state index contributed by atoms with van der Waals surface area (Å²) in [5, 5.41) is 7.20. The van der Waals surface area contributed by atoms with Gasteiger partial charge in [0.15, 0.2) is 24.1 Å². The molecule has 3 heterocycles. The van der Waals surface area contributed by atoms with Crippen LogP contribution in [0, 0.1) is 5.82 Å². The summed E-state index contributed by atoms with van der Waals surface area (Å²) >= 11 is 1.03. The van der Waals surface area contributed by atoms with Gasteiger partial charge in [-0.15, -0.1) is 11.3 Å². The van der Waals surface area contributed by atoms with E-state index in [0.717, 1.165) is 29.9 Å². The molecule has 1 aromatic heterocycles. The molecule has 2 aliphatic rings. The Morgan fingerprint density at radius 3 is 2.74 bits per heavy atom. The van der Waals surface area contributed by atoms with Crippen molar-refractivity contribution in [1.82, 2.24) is 5.32 Å². The van der Waals surface area contributed by atoms with Gasteiger partial charge in [-0.2, -0.15) is 0 Å². The molecule has 2 aromatic rings. The summed E-state index contributed by atoms with van der Waals surface area (Å²) in [6.45, 7) is -0.284. The first-order valence-electron chi connectivity index (χ1n) is 9.15.